The van der Waals surface area contributed by atoms with Gasteiger partial charge in [-0.2, -0.15) is 0 Å². The van der Waals surface area contributed by atoms with Crippen molar-refractivity contribution in [1.82, 2.24) is 10.2 Å². The lowest BCUT2D eigenvalue weighted by Crippen LogP contribution is -2.35. The molecule has 0 aliphatic rings. The number of anilines is 1. The highest BCUT2D eigenvalue weighted by Crippen LogP contribution is 2.19. The molecule has 0 bridgehead atoms. The maximum atomic E-state index is 11.6. The molecule has 1 aromatic carbocycles. The van der Waals surface area contributed by atoms with E-state index in [4.69, 9.17) is 16.7 Å². The number of rotatable bonds is 6. The molecule has 0 atom stereocenters. The molecule has 0 unspecified atom stereocenters. The topological polar surface area (TPSA) is 81.7 Å². The number of likely N-dealkylation sites (N-methyl/N-ethyl adjacent to an activating group) is 1. The first-order valence-electron chi connectivity index (χ1n) is 6.19. The summed E-state index contributed by atoms with van der Waals surface area (Å²) < 4.78 is 0. The third-order valence-corrected chi connectivity index (χ3v) is 2.94. The molecule has 0 saturated carbocycles. The van der Waals surface area contributed by atoms with E-state index < -0.39 is 12.0 Å². The molecule has 0 aliphatic carbocycles. The largest absolute Gasteiger partial charge is 0.478 e. The first-order valence-corrected chi connectivity index (χ1v) is 6.57. The lowest BCUT2D eigenvalue weighted by molar-refractivity contribution is 0.0697. The molecule has 0 saturated heterocycles. The first kappa shape index (κ1) is 16.3. The lowest BCUT2D eigenvalue weighted by atomic mass is 10.2. The second-order valence-electron chi connectivity index (χ2n) is 4.31. The van der Waals surface area contributed by atoms with Gasteiger partial charge in [0.25, 0.3) is 0 Å². The highest BCUT2D eigenvalue weighted by atomic mass is 35.5. The van der Waals surface area contributed by atoms with Gasteiger partial charge in [0.1, 0.15) is 0 Å². The first-order chi connectivity index (χ1) is 9.42. The molecule has 1 rings (SSSR count). The Balaban J connectivity index is 2.55. The second-order valence-corrected chi connectivity index (χ2v) is 4.75. The number of aromatic carboxylic acids is 1. The SMILES string of the molecule is CCN(C)CCNC(=O)Nc1cc(Cl)cc(C(=O)O)c1. The summed E-state index contributed by atoms with van der Waals surface area (Å²) in [7, 11) is 1.95. The minimum Gasteiger partial charge on any atom is -0.478 e. The number of urea groups is 1. The monoisotopic (exact) mass is 299 g/mol. The van der Waals surface area contributed by atoms with Gasteiger partial charge < -0.3 is 20.6 Å². The number of carboxylic acids is 1. The van der Waals surface area contributed by atoms with Gasteiger partial charge in [-0.3, -0.25) is 0 Å². The summed E-state index contributed by atoms with van der Waals surface area (Å²) in [6.45, 7) is 4.17. The van der Waals surface area contributed by atoms with Crippen LogP contribution < -0.4 is 10.6 Å². The number of carbonyl (C=O) groups excluding carboxylic acids is 1. The molecule has 110 valence electrons. The number of hydrogen-bond donors (Lipinski definition) is 3. The van der Waals surface area contributed by atoms with Gasteiger partial charge in [-0.15, -0.1) is 0 Å². The van der Waals surface area contributed by atoms with Crippen LogP contribution >= 0.6 is 11.6 Å². The Kier molecular flexibility index (Phi) is 6.27. The lowest BCUT2D eigenvalue weighted by Gasteiger charge is -2.14. The van der Waals surface area contributed by atoms with E-state index in [2.05, 4.69) is 15.5 Å². The predicted molar refractivity (Wildman–Crippen MR) is 78.6 cm³/mol. The smallest absolute Gasteiger partial charge is 0.335 e. The molecule has 20 heavy (non-hydrogen) atoms. The number of carbonyl (C=O) groups is 2. The van der Waals surface area contributed by atoms with E-state index in [1.165, 1.54) is 18.2 Å². The molecule has 0 heterocycles. The molecule has 2 amide bonds. The minimum absolute atomic E-state index is 0.0264. The molecule has 0 fully saturated rings. The Morgan fingerprint density at radius 1 is 1.35 bits per heavy atom. The van der Waals surface area contributed by atoms with E-state index in [0.29, 0.717) is 12.2 Å². The van der Waals surface area contributed by atoms with Crippen LogP contribution in [0.15, 0.2) is 18.2 Å². The third kappa shape index (κ3) is 5.46. The fourth-order valence-electron chi connectivity index (χ4n) is 1.48. The fourth-order valence-corrected chi connectivity index (χ4v) is 1.71. The molecule has 0 aliphatic heterocycles. The molecule has 6 nitrogen and oxygen atoms in total. The van der Waals surface area contributed by atoms with Crippen LogP contribution in [-0.2, 0) is 0 Å². The van der Waals surface area contributed by atoms with Crippen molar-refractivity contribution in [3.05, 3.63) is 28.8 Å². The maximum Gasteiger partial charge on any atom is 0.335 e. The zero-order chi connectivity index (χ0) is 15.1. The van der Waals surface area contributed by atoms with Crippen molar-refractivity contribution in [1.29, 1.82) is 0 Å². The number of carboxylic acid groups (broad SMARTS) is 1. The van der Waals surface area contributed by atoms with Crippen LogP contribution in [0.5, 0.6) is 0 Å². The molecule has 3 N–H and O–H groups in total. The fraction of sp³-hybridized carbons (Fsp3) is 0.385. The minimum atomic E-state index is -1.10. The summed E-state index contributed by atoms with van der Waals surface area (Å²) >= 11 is 5.80. The van der Waals surface area contributed by atoms with Crippen LogP contribution in [0.1, 0.15) is 17.3 Å². The van der Waals surface area contributed by atoms with Crippen LogP contribution in [0.25, 0.3) is 0 Å². The van der Waals surface area contributed by atoms with E-state index in [9.17, 15) is 9.59 Å². The van der Waals surface area contributed by atoms with Gasteiger partial charge in [0, 0.05) is 23.8 Å². The molecule has 0 radical (unpaired) electrons. The van der Waals surface area contributed by atoms with Gasteiger partial charge in [-0.25, -0.2) is 9.59 Å². The van der Waals surface area contributed by atoms with Crippen LogP contribution in [0, 0.1) is 0 Å². The average molecular weight is 300 g/mol. The third-order valence-electron chi connectivity index (χ3n) is 2.72. The van der Waals surface area contributed by atoms with Crippen LogP contribution in [0.2, 0.25) is 5.02 Å². The summed E-state index contributed by atoms with van der Waals surface area (Å²) in [6.07, 6.45) is 0. The van der Waals surface area contributed by atoms with Crippen LogP contribution in [-0.4, -0.2) is 48.7 Å². The molecule has 1 aromatic rings. The van der Waals surface area contributed by atoms with Crippen molar-refractivity contribution < 1.29 is 14.7 Å². The number of halogens is 1. The molecule has 7 heteroatoms. The Morgan fingerprint density at radius 2 is 2.05 bits per heavy atom. The number of benzene rings is 1. The van der Waals surface area contributed by atoms with E-state index >= 15 is 0 Å². The van der Waals surface area contributed by atoms with Crippen molar-refractivity contribution in [2.45, 2.75) is 6.92 Å². The van der Waals surface area contributed by atoms with Crippen molar-refractivity contribution >= 4 is 29.3 Å². The zero-order valence-corrected chi connectivity index (χ0v) is 12.2. The highest BCUT2D eigenvalue weighted by molar-refractivity contribution is 6.31. The number of hydrogen-bond acceptors (Lipinski definition) is 3. The van der Waals surface area contributed by atoms with Gasteiger partial charge in [-0.05, 0) is 31.8 Å². The Labute approximate surface area is 122 Å². The number of nitrogens with one attached hydrogen (secondary N) is 2. The summed E-state index contributed by atoms with van der Waals surface area (Å²) in [6, 6.07) is 3.77. The van der Waals surface area contributed by atoms with Gasteiger partial charge in [0.2, 0.25) is 0 Å². The van der Waals surface area contributed by atoms with Crippen molar-refractivity contribution in [2.24, 2.45) is 0 Å². The summed E-state index contributed by atoms with van der Waals surface area (Å²) in [4.78, 5) is 24.6. The highest BCUT2D eigenvalue weighted by Gasteiger charge is 2.08. The van der Waals surface area contributed by atoms with E-state index in [-0.39, 0.29) is 10.6 Å². The summed E-state index contributed by atoms with van der Waals surface area (Å²) in [5.74, 6) is -1.10. The molecule has 0 aromatic heterocycles. The van der Waals surface area contributed by atoms with E-state index in [1.807, 2.05) is 14.0 Å². The van der Waals surface area contributed by atoms with Crippen molar-refractivity contribution in [3.63, 3.8) is 0 Å². The van der Waals surface area contributed by atoms with Crippen molar-refractivity contribution in [3.8, 4) is 0 Å². The van der Waals surface area contributed by atoms with E-state index in [1.54, 1.807) is 0 Å². The normalized spacial score (nSPS) is 10.4. The zero-order valence-electron chi connectivity index (χ0n) is 11.4. The summed E-state index contributed by atoms with van der Waals surface area (Å²) in [5.41, 5.74) is 0.370. The Hall–Kier alpha value is -1.79. The quantitative estimate of drug-likeness (QED) is 0.751. The van der Waals surface area contributed by atoms with Gasteiger partial charge >= 0.3 is 12.0 Å². The number of amides is 2. The standard InChI is InChI=1S/C13H18ClN3O3/c1-3-17(2)5-4-15-13(20)16-11-7-9(12(18)19)6-10(14)8-11/h6-8H,3-5H2,1-2H3,(H,18,19)(H2,15,16,20). The maximum absolute atomic E-state index is 11.6. The van der Waals surface area contributed by atoms with Gasteiger partial charge in [0.05, 0.1) is 5.56 Å². The molecular weight excluding hydrogens is 282 g/mol. The second kappa shape index (κ2) is 7.72. The summed E-state index contributed by atoms with van der Waals surface area (Å²) in [5, 5.41) is 14.4. The van der Waals surface area contributed by atoms with E-state index in [0.717, 1.165) is 13.1 Å². The Bertz CT molecular complexity index is 494. The molecule has 0 spiro atoms. The van der Waals surface area contributed by atoms with Gasteiger partial charge in [0.15, 0.2) is 0 Å². The molecular formula is C13H18ClN3O3. The predicted octanol–water partition coefficient (Wildman–Crippen LogP) is 2.11. The Morgan fingerprint density at radius 3 is 2.65 bits per heavy atom. The van der Waals surface area contributed by atoms with Gasteiger partial charge in [-0.1, -0.05) is 18.5 Å². The number of nitrogens with zero attached hydrogens (tertiary/aromatic N) is 1. The average Bonchev–Trinajstić information content (AvgIpc) is 2.37. The van der Waals surface area contributed by atoms with Crippen molar-refractivity contribution in [2.75, 3.05) is 32.0 Å². The van der Waals surface area contributed by atoms with Crippen LogP contribution in [0.4, 0.5) is 10.5 Å². The van der Waals surface area contributed by atoms with Crippen LogP contribution in [0.3, 0.4) is 0 Å².